The van der Waals surface area contributed by atoms with Gasteiger partial charge in [0.15, 0.2) is 0 Å². The molecule has 0 atom stereocenters. The molecule has 0 saturated heterocycles. The lowest BCUT2D eigenvalue weighted by Gasteiger charge is -2.12. The first kappa shape index (κ1) is 23.2. The van der Waals surface area contributed by atoms with Gasteiger partial charge in [0.05, 0.1) is 15.6 Å². The number of rotatable bonds is 9. The molecule has 4 nitrogen and oxygen atoms in total. The third-order valence-electron chi connectivity index (χ3n) is 4.33. The third kappa shape index (κ3) is 7.02. The van der Waals surface area contributed by atoms with E-state index in [1.165, 1.54) is 12.8 Å². The summed E-state index contributed by atoms with van der Waals surface area (Å²) in [5.74, 6) is 0.284. The van der Waals surface area contributed by atoms with E-state index in [4.69, 9.17) is 4.74 Å². The Labute approximate surface area is 189 Å². The fourth-order valence-electron chi connectivity index (χ4n) is 2.72. The molecule has 1 N–H and O–H groups in total. The molecule has 0 unspecified atom stereocenters. The Morgan fingerprint density at radius 1 is 1.17 bits per heavy atom. The minimum atomic E-state index is -0.440. The number of carbonyl (C=O) groups excluding carboxylic acids is 1. The Hall–Kier alpha value is -2.10. The van der Waals surface area contributed by atoms with Gasteiger partial charge in [-0.1, -0.05) is 44.4 Å². The van der Waals surface area contributed by atoms with Gasteiger partial charge < -0.3 is 10.1 Å². The minimum absolute atomic E-state index is 0.0280. The molecule has 0 aliphatic carbocycles. The molecule has 1 amide bonds. The first-order chi connectivity index (χ1) is 14.0. The van der Waals surface area contributed by atoms with Crippen LogP contribution in [0.5, 0.6) is 5.75 Å². The van der Waals surface area contributed by atoms with E-state index in [0.717, 1.165) is 38.7 Å². The van der Waals surface area contributed by atoms with Crippen molar-refractivity contribution >= 4 is 49.5 Å². The molecule has 0 radical (unpaired) electrons. The Bertz CT molecular complexity index is 910. The number of carbonyl (C=O) groups is 1. The van der Waals surface area contributed by atoms with Crippen LogP contribution in [0.15, 0.2) is 50.9 Å². The van der Waals surface area contributed by atoms with E-state index in [1.807, 2.05) is 49.4 Å². The van der Waals surface area contributed by atoms with Crippen LogP contribution in [0.4, 0.5) is 5.69 Å². The van der Waals surface area contributed by atoms with Crippen LogP contribution in [0.25, 0.3) is 6.08 Å². The number of benzene rings is 2. The number of hydrogen-bond acceptors (Lipinski definition) is 3. The predicted octanol–water partition coefficient (Wildman–Crippen LogP) is 7.02. The molecule has 0 aromatic heterocycles. The number of unbranched alkanes of at least 4 members (excludes halogenated alkanes) is 3. The monoisotopic (exact) mass is 518 g/mol. The summed E-state index contributed by atoms with van der Waals surface area (Å²) in [6.07, 6.45) is 6.11. The zero-order chi connectivity index (χ0) is 21.2. The van der Waals surface area contributed by atoms with Crippen molar-refractivity contribution in [3.8, 4) is 11.8 Å². The normalized spacial score (nSPS) is 11.1. The zero-order valence-corrected chi connectivity index (χ0v) is 19.8. The number of amides is 1. The molecule has 0 aliphatic heterocycles. The van der Waals surface area contributed by atoms with E-state index in [9.17, 15) is 10.1 Å². The van der Waals surface area contributed by atoms with Gasteiger partial charge in [-0.25, -0.2) is 0 Å². The summed E-state index contributed by atoms with van der Waals surface area (Å²) in [4.78, 5) is 12.5. The highest BCUT2D eigenvalue weighted by Crippen LogP contribution is 2.35. The molecule has 6 heteroatoms. The molecule has 2 aromatic rings. The summed E-state index contributed by atoms with van der Waals surface area (Å²) in [7, 11) is 0. The molecule has 0 bridgehead atoms. The van der Waals surface area contributed by atoms with Crippen LogP contribution in [-0.2, 0) is 4.79 Å². The lowest BCUT2D eigenvalue weighted by molar-refractivity contribution is -0.112. The summed E-state index contributed by atoms with van der Waals surface area (Å²) in [5, 5.41) is 12.2. The highest BCUT2D eigenvalue weighted by molar-refractivity contribution is 9.11. The minimum Gasteiger partial charge on any atom is -0.491 e. The molecule has 2 rings (SSSR count). The predicted molar refractivity (Wildman–Crippen MR) is 125 cm³/mol. The second-order valence-electron chi connectivity index (χ2n) is 6.66. The SMILES string of the molecule is CCCCCCOc1c(Br)cc(/C=C(/C#N)C(=O)Nc2ccccc2C)cc1Br. The molecule has 2 aromatic carbocycles. The van der Waals surface area contributed by atoms with Crippen molar-refractivity contribution in [2.75, 3.05) is 11.9 Å². The molecule has 0 fully saturated rings. The fraction of sp³-hybridized carbons (Fsp3) is 0.304. The number of para-hydroxylation sites is 1. The summed E-state index contributed by atoms with van der Waals surface area (Å²) in [5.41, 5.74) is 2.37. The lowest BCUT2D eigenvalue weighted by atomic mass is 10.1. The molecule has 0 heterocycles. The molecule has 29 heavy (non-hydrogen) atoms. The van der Waals surface area contributed by atoms with Crippen molar-refractivity contribution in [3.05, 3.63) is 62.0 Å². The van der Waals surface area contributed by atoms with Gasteiger partial charge in [0.2, 0.25) is 0 Å². The van der Waals surface area contributed by atoms with Crippen molar-refractivity contribution in [1.29, 1.82) is 5.26 Å². The number of nitriles is 1. The molecule has 152 valence electrons. The van der Waals surface area contributed by atoms with Gasteiger partial charge in [-0.05, 0) is 80.6 Å². The van der Waals surface area contributed by atoms with Gasteiger partial charge in [0.25, 0.3) is 5.91 Å². The van der Waals surface area contributed by atoms with Gasteiger partial charge in [0, 0.05) is 5.69 Å². The quantitative estimate of drug-likeness (QED) is 0.220. The highest BCUT2D eigenvalue weighted by atomic mass is 79.9. The standard InChI is InChI=1S/C23H24Br2N2O2/c1-3-4-5-8-11-29-22-19(24)13-17(14-20(22)25)12-18(15-26)23(28)27-21-10-7-6-9-16(21)2/h6-7,9-10,12-14H,3-5,8,11H2,1-2H3,(H,27,28)/b18-12-. The number of halogens is 2. The molecular formula is C23H24Br2N2O2. The van der Waals surface area contributed by atoms with E-state index < -0.39 is 5.91 Å². The van der Waals surface area contributed by atoms with Gasteiger partial charge in [0.1, 0.15) is 17.4 Å². The second kappa shape index (κ2) is 11.8. The largest absolute Gasteiger partial charge is 0.491 e. The van der Waals surface area contributed by atoms with E-state index in [1.54, 1.807) is 6.08 Å². The third-order valence-corrected chi connectivity index (χ3v) is 5.51. The summed E-state index contributed by atoms with van der Waals surface area (Å²) in [6.45, 7) is 4.73. The average molecular weight is 520 g/mol. The first-order valence-corrected chi connectivity index (χ1v) is 11.2. The molecule has 0 aliphatic rings. The second-order valence-corrected chi connectivity index (χ2v) is 8.37. The van der Waals surface area contributed by atoms with Crippen LogP contribution in [0.2, 0.25) is 0 Å². The van der Waals surface area contributed by atoms with Gasteiger partial charge in [-0.2, -0.15) is 5.26 Å². The van der Waals surface area contributed by atoms with Crippen LogP contribution in [0.3, 0.4) is 0 Å². The van der Waals surface area contributed by atoms with Crippen LogP contribution < -0.4 is 10.1 Å². The van der Waals surface area contributed by atoms with Crippen LogP contribution >= 0.6 is 31.9 Å². The van der Waals surface area contributed by atoms with Crippen molar-refractivity contribution in [2.45, 2.75) is 39.5 Å². The number of anilines is 1. The van der Waals surface area contributed by atoms with Crippen LogP contribution in [-0.4, -0.2) is 12.5 Å². The number of aryl methyl sites for hydroxylation is 1. The van der Waals surface area contributed by atoms with Crippen molar-refractivity contribution in [3.63, 3.8) is 0 Å². The van der Waals surface area contributed by atoms with Crippen molar-refractivity contribution < 1.29 is 9.53 Å². The number of nitrogens with one attached hydrogen (secondary N) is 1. The molecule has 0 saturated carbocycles. The van der Waals surface area contributed by atoms with E-state index in [0.29, 0.717) is 12.3 Å². The van der Waals surface area contributed by atoms with Crippen LogP contribution in [0, 0.1) is 18.3 Å². The van der Waals surface area contributed by atoms with Gasteiger partial charge in [-0.3, -0.25) is 4.79 Å². The topological polar surface area (TPSA) is 62.1 Å². The van der Waals surface area contributed by atoms with Crippen molar-refractivity contribution in [2.24, 2.45) is 0 Å². The van der Waals surface area contributed by atoms with Crippen LogP contribution in [0.1, 0.15) is 43.7 Å². The van der Waals surface area contributed by atoms with Gasteiger partial charge >= 0.3 is 0 Å². The molecular weight excluding hydrogens is 496 g/mol. The van der Waals surface area contributed by atoms with Crippen molar-refractivity contribution in [1.82, 2.24) is 0 Å². The Balaban J connectivity index is 2.13. The fourth-order valence-corrected chi connectivity index (χ4v) is 4.17. The number of ether oxygens (including phenoxy) is 1. The van der Waals surface area contributed by atoms with E-state index >= 15 is 0 Å². The smallest absolute Gasteiger partial charge is 0.266 e. The zero-order valence-electron chi connectivity index (χ0n) is 16.6. The lowest BCUT2D eigenvalue weighted by Crippen LogP contribution is -2.14. The summed E-state index contributed by atoms with van der Waals surface area (Å²) < 4.78 is 7.42. The summed E-state index contributed by atoms with van der Waals surface area (Å²) >= 11 is 7.05. The Morgan fingerprint density at radius 3 is 2.48 bits per heavy atom. The Kier molecular flexibility index (Phi) is 9.43. The number of hydrogen-bond donors (Lipinski definition) is 1. The summed E-state index contributed by atoms with van der Waals surface area (Å²) in [6, 6.07) is 13.1. The number of nitrogens with zero attached hydrogens (tertiary/aromatic N) is 1. The van der Waals surface area contributed by atoms with E-state index in [-0.39, 0.29) is 5.57 Å². The van der Waals surface area contributed by atoms with E-state index in [2.05, 4.69) is 44.1 Å². The maximum absolute atomic E-state index is 12.5. The first-order valence-electron chi connectivity index (χ1n) is 9.57. The Morgan fingerprint density at radius 2 is 1.86 bits per heavy atom. The maximum atomic E-state index is 12.5. The maximum Gasteiger partial charge on any atom is 0.266 e. The highest BCUT2D eigenvalue weighted by Gasteiger charge is 2.13. The average Bonchev–Trinajstić information content (AvgIpc) is 2.69. The molecule has 0 spiro atoms. The van der Waals surface area contributed by atoms with Gasteiger partial charge in [-0.15, -0.1) is 0 Å².